The minimum atomic E-state index is -0.475. The molecule has 2 aliphatic heterocycles. The Morgan fingerprint density at radius 1 is 0.846 bits per heavy atom. The number of rotatable bonds is 1. The Labute approximate surface area is 158 Å². The standard InChI is InChI=1S/C18H37N6O2/c1-17(2)13-15(14-18(3,4)24(17)26)22-16(25)23-11-9-20-7-5-19-6-8-21-10-12-23/h15,19-21H,5-14H2,1-4H3,(H,22,25). The first-order valence-corrected chi connectivity index (χ1v) is 9.87. The van der Waals surface area contributed by atoms with Gasteiger partial charge in [0.15, 0.2) is 0 Å². The number of carbonyl (C=O) groups excluding carboxylic acids is 1. The number of nitrogens with zero attached hydrogens (tertiary/aromatic N) is 2. The molecule has 2 rings (SSSR count). The van der Waals surface area contributed by atoms with Gasteiger partial charge in [-0.1, -0.05) is 0 Å². The highest BCUT2D eigenvalue weighted by atomic mass is 16.5. The molecule has 1 radical (unpaired) electrons. The van der Waals surface area contributed by atoms with Gasteiger partial charge in [0, 0.05) is 69.5 Å². The van der Waals surface area contributed by atoms with Crippen LogP contribution < -0.4 is 21.3 Å². The Balaban J connectivity index is 1.92. The van der Waals surface area contributed by atoms with E-state index in [4.69, 9.17) is 0 Å². The molecule has 2 saturated heterocycles. The Bertz CT molecular complexity index is 427. The fourth-order valence-corrected chi connectivity index (χ4v) is 4.10. The third-order valence-corrected chi connectivity index (χ3v) is 5.28. The van der Waals surface area contributed by atoms with Crippen molar-refractivity contribution in [3.63, 3.8) is 0 Å². The van der Waals surface area contributed by atoms with Crippen molar-refractivity contribution in [2.45, 2.75) is 57.7 Å². The minimum absolute atomic E-state index is 0.0178. The van der Waals surface area contributed by atoms with Gasteiger partial charge in [-0.2, -0.15) is 0 Å². The van der Waals surface area contributed by atoms with Crippen LogP contribution in [0.15, 0.2) is 0 Å². The topological polar surface area (TPSA) is 91.6 Å². The lowest BCUT2D eigenvalue weighted by Gasteiger charge is -2.50. The molecule has 0 bridgehead atoms. The normalized spacial score (nSPS) is 26.6. The molecule has 0 aliphatic carbocycles. The number of hydrogen-bond acceptors (Lipinski definition) is 5. The van der Waals surface area contributed by atoms with Gasteiger partial charge in [-0.3, -0.25) is 0 Å². The van der Waals surface area contributed by atoms with Crippen molar-refractivity contribution >= 4 is 6.03 Å². The zero-order chi connectivity index (χ0) is 19.2. The molecule has 8 nitrogen and oxygen atoms in total. The molecule has 2 fully saturated rings. The quantitative estimate of drug-likeness (QED) is 0.528. The molecule has 0 aromatic heterocycles. The van der Waals surface area contributed by atoms with Crippen LogP contribution in [0.3, 0.4) is 0 Å². The predicted octanol–water partition coefficient (Wildman–Crippen LogP) is 0.148. The second-order valence-electron chi connectivity index (χ2n) is 8.71. The molecule has 0 saturated carbocycles. The maximum atomic E-state index is 12.8. The maximum absolute atomic E-state index is 12.8. The van der Waals surface area contributed by atoms with Crippen LogP contribution >= 0.6 is 0 Å². The monoisotopic (exact) mass is 369 g/mol. The van der Waals surface area contributed by atoms with Crippen molar-refractivity contribution in [2.24, 2.45) is 0 Å². The van der Waals surface area contributed by atoms with Crippen LogP contribution in [-0.4, -0.2) is 85.5 Å². The maximum Gasteiger partial charge on any atom is 0.317 e. The lowest BCUT2D eigenvalue weighted by Crippen LogP contribution is -2.63. The van der Waals surface area contributed by atoms with Crippen LogP contribution in [-0.2, 0) is 5.21 Å². The van der Waals surface area contributed by atoms with E-state index in [1.54, 1.807) is 0 Å². The Hall–Kier alpha value is -0.930. The molecule has 0 spiro atoms. The van der Waals surface area contributed by atoms with Crippen LogP contribution in [0, 0.1) is 0 Å². The van der Waals surface area contributed by atoms with E-state index in [1.165, 1.54) is 5.06 Å². The number of hydrogen-bond donors (Lipinski definition) is 4. The van der Waals surface area contributed by atoms with E-state index in [0.717, 1.165) is 39.3 Å². The average Bonchev–Trinajstić information content (AvgIpc) is 2.52. The number of nitrogens with one attached hydrogen (secondary N) is 4. The van der Waals surface area contributed by atoms with Gasteiger partial charge in [0.05, 0.1) is 0 Å². The third kappa shape index (κ3) is 6.06. The van der Waals surface area contributed by atoms with E-state index in [0.29, 0.717) is 25.9 Å². The lowest BCUT2D eigenvalue weighted by molar-refractivity contribution is -0.289. The molecule has 4 N–H and O–H groups in total. The van der Waals surface area contributed by atoms with Crippen LogP contribution in [0.5, 0.6) is 0 Å². The van der Waals surface area contributed by atoms with Gasteiger partial charge in [0.25, 0.3) is 0 Å². The number of urea groups is 1. The van der Waals surface area contributed by atoms with Crippen molar-refractivity contribution in [3.8, 4) is 0 Å². The summed E-state index contributed by atoms with van der Waals surface area (Å²) in [7, 11) is 0. The largest absolute Gasteiger partial charge is 0.335 e. The predicted molar refractivity (Wildman–Crippen MR) is 102 cm³/mol. The van der Waals surface area contributed by atoms with E-state index in [1.807, 2.05) is 32.6 Å². The zero-order valence-corrected chi connectivity index (χ0v) is 16.9. The summed E-state index contributed by atoms with van der Waals surface area (Å²) in [6.45, 7) is 14.4. The van der Waals surface area contributed by atoms with E-state index < -0.39 is 11.1 Å². The van der Waals surface area contributed by atoms with Crippen molar-refractivity contribution in [3.05, 3.63) is 0 Å². The summed E-state index contributed by atoms with van der Waals surface area (Å²) in [5.41, 5.74) is -0.949. The second-order valence-corrected chi connectivity index (χ2v) is 8.71. The molecular formula is C18H37N6O2. The van der Waals surface area contributed by atoms with E-state index in [9.17, 15) is 10.0 Å². The fraction of sp³-hybridized carbons (Fsp3) is 0.944. The van der Waals surface area contributed by atoms with E-state index in [2.05, 4.69) is 21.3 Å². The summed E-state index contributed by atoms with van der Waals surface area (Å²) < 4.78 is 0. The Morgan fingerprint density at radius 3 is 1.73 bits per heavy atom. The summed E-state index contributed by atoms with van der Waals surface area (Å²) in [5, 5.41) is 27.0. The molecule has 2 heterocycles. The molecule has 0 unspecified atom stereocenters. The van der Waals surface area contributed by atoms with Gasteiger partial charge in [-0.15, -0.1) is 10.3 Å². The molecule has 26 heavy (non-hydrogen) atoms. The number of amides is 2. The Kier molecular flexibility index (Phi) is 7.66. The number of piperidine rings is 1. The molecule has 2 amide bonds. The smallest absolute Gasteiger partial charge is 0.317 e. The van der Waals surface area contributed by atoms with Gasteiger partial charge >= 0.3 is 6.03 Å². The summed E-state index contributed by atoms with van der Waals surface area (Å²) in [6, 6.07) is -0.0102. The van der Waals surface area contributed by atoms with E-state index >= 15 is 0 Å². The molecule has 0 aromatic rings. The third-order valence-electron chi connectivity index (χ3n) is 5.28. The van der Waals surface area contributed by atoms with Crippen LogP contribution in [0.4, 0.5) is 4.79 Å². The van der Waals surface area contributed by atoms with Gasteiger partial charge < -0.3 is 26.2 Å². The molecule has 151 valence electrons. The first kappa shape index (κ1) is 21.4. The minimum Gasteiger partial charge on any atom is -0.335 e. The SMILES string of the molecule is CC1(C)CC(NC(=O)N2CCNCCNCCNCC2)CC(C)(C)N1[O]. The second kappa shape index (κ2) is 9.32. The van der Waals surface area contributed by atoms with Crippen LogP contribution in [0.1, 0.15) is 40.5 Å². The van der Waals surface area contributed by atoms with Crippen molar-refractivity contribution in [1.29, 1.82) is 0 Å². The molecule has 0 atom stereocenters. The highest BCUT2D eigenvalue weighted by Crippen LogP contribution is 2.36. The first-order chi connectivity index (χ1) is 12.2. The zero-order valence-electron chi connectivity index (χ0n) is 16.9. The Morgan fingerprint density at radius 2 is 1.27 bits per heavy atom. The number of hydroxylamine groups is 2. The molecular weight excluding hydrogens is 332 g/mol. The molecule has 2 aliphatic rings. The first-order valence-electron chi connectivity index (χ1n) is 9.87. The highest BCUT2D eigenvalue weighted by molar-refractivity contribution is 5.74. The van der Waals surface area contributed by atoms with Crippen LogP contribution in [0.25, 0.3) is 0 Å². The molecule has 8 heteroatoms. The number of carbonyl (C=O) groups is 1. The van der Waals surface area contributed by atoms with Gasteiger partial charge in [0.2, 0.25) is 0 Å². The highest BCUT2D eigenvalue weighted by Gasteiger charge is 2.46. The fourth-order valence-electron chi connectivity index (χ4n) is 4.10. The van der Waals surface area contributed by atoms with Crippen molar-refractivity contribution < 1.29 is 10.0 Å². The summed E-state index contributed by atoms with van der Waals surface area (Å²) >= 11 is 0. The summed E-state index contributed by atoms with van der Waals surface area (Å²) in [4.78, 5) is 14.7. The van der Waals surface area contributed by atoms with Gasteiger partial charge in [-0.25, -0.2) is 4.79 Å². The summed E-state index contributed by atoms with van der Waals surface area (Å²) in [5.74, 6) is 0. The van der Waals surface area contributed by atoms with Gasteiger partial charge in [0.1, 0.15) is 0 Å². The van der Waals surface area contributed by atoms with E-state index in [-0.39, 0.29) is 12.1 Å². The molecule has 0 aromatic carbocycles. The average molecular weight is 370 g/mol. The lowest BCUT2D eigenvalue weighted by atomic mass is 9.79. The van der Waals surface area contributed by atoms with Crippen molar-refractivity contribution in [1.82, 2.24) is 31.2 Å². The van der Waals surface area contributed by atoms with Gasteiger partial charge in [-0.05, 0) is 40.5 Å². The van der Waals surface area contributed by atoms with Crippen LogP contribution in [0.2, 0.25) is 0 Å². The van der Waals surface area contributed by atoms with Crippen molar-refractivity contribution in [2.75, 3.05) is 52.4 Å². The summed E-state index contributed by atoms with van der Waals surface area (Å²) in [6.07, 6.45) is 1.34.